The SMILES string of the molecule is Bc1c(B)c(B)c(-c2ccc3c(-c4cccc(-n5c(-c6ccccc6)nc6ccccc65)c4)c4ccccc4c(-c4cccc5sc6ccccc6c45)c3c2)c(B)c1B. The third-order valence-corrected chi connectivity index (χ3v) is 14.1. The quantitative estimate of drug-likeness (QED) is 0.164. The second-order valence-corrected chi connectivity index (χ2v) is 17.1. The van der Waals surface area contributed by atoms with Gasteiger partial charge in [0.25, 0.3) is 0 Å². The van der Waals surface area contributed by atoms with Crippen molar-refractivity contribution in [1.29, 1.82) is 0 Å². The molecule has 2 nitrogen and oxygen atoms in total. The molecule has 272 valence electrons. The minimum atomic E-state index is 0.934. The molecule has 0 aliphatic carbocycles. The van der Waals surface area contributed by atoms with E-state index in [9.17, 15) is 0 Å². The Hall–Kier alpha value is -6.49. The summed E-state index contributed by atoms with van der Waals surface area (Å²) < 4.78 is 4.95. The van der Waals surface area contributed by atoms with E-state index in [1.165, 1.54) is 102 Å². The Bertz CT molecular complexity index is 3490. The van der Waals surface area contributed by atoms with E-state index in [-0.39, 0.29) is 0 Å². The van der Waals surface area contributed by atoms with Crippen LogP contribution in [-0.4, -0.2) is 48.8 Å². The number of hydrogen-bond donors (Lipinski definition) is 0. The van der Waals surface area contributed by atoms with Crippen molar-refractivity contribution >= 4 is 131 Å². The van der Waals surface area contributed by atoms with Crippen LogP contribution in [0, 0.1) is 0 Å². The average molecular weight is 764 g/mol. The molecule has 0 spiro atoms. The Labute approximate surface area is 352 Å². The third kappa shape index (κ3) is 5.50. The first-order chi connectivity index (χ1) is 28.9. The lowest BCUT2D eigenvalue weighted by Crippen LogP contribution is -2.55. The third-order valence-electron chi connectivity index (χ3n) is 13.0. The highest BCUT2D eigenvalue weighted by Crippen LogP contribution is 2.48. The zero-order chi connectivity index (χ0) is 39.9. The van der Waals surface area contributed by atoms with Crippen LogP contribution in [0.15, 0.2) is 164 Å². The maximum atomic E-state index is 5.18. The monoisotopic (exact) mass is 764 g/mol. The van der Waals surface area contributed by atoms with Crippen molar-refractivity contribution in [1.82, 2.24) is 9.55 Å². The molecule has 0 atom stereocenters. The van der Waals surface area contributed by atoms with Gasteiger partial charge in [0.1, 0.15) is 45.1 Å². The molecule has 0 radical (unpaired) electrons. The predicted octanol–water partition coefficient (Wildman–Crippen LogP) is 5.66. The lowest BCUT2D eigenvalue weighted by molar-refractivity contribution is 1.10. The molecular formula is C51H37B5N2S. The summed E-state index contributed by atoms with van der Waals surface area (Å²) in [7, 11) is 11.4. The highest BCUT2D eigenvalue weighted by molar-refractivity contribution is 7.26. The van der Waals surface area contributed by atoms with E-state index >= 15 is 0 Å². The van der Waals surface area contributed by atoms with Crippen LogP contribution in [0.5, 0.6) is 0 Å². The number of thiophene rings is 1. The summed E-state index contributed by atoms with van der Waals surface area (Å²) in [6, 6.07) is 60.2. The van der Waals surface area contributed by atoms with Crippen molar-refractivity contribution in [3.63, 3.8) is 0 Å². The van der Waals surface area contributed by atoms with Gasteiger partial charge in [-0.3, -0.25) is 4.57 Å². The van der Waals surface area contributed by atoms with E-state index in [0.717, 1.165) is 28.1 Å². The molecule has 0 amide bonds. The van der Waals surface area contributed by atoms with Gasteiger partial charge in [-0.15, -0.1) is 27.7 Å². The molecule has 2 aromatic heterocycles. The summed E-state index contributed by atoms with van der Waals surface area (Å²) in [4.78, 5) is 5.18. The van der Waals surface area contributed by atoms with E-state index < -0.39 is 0 Å². The summed E-state index contributed by atoms with van der Waals surface area (Å²) >= 11 is 1.88. The van der Waals surface area contributed by atoms with Gasteiger partial charge in [0, 0.05) is 31.4 Å². The van der Waals surface area contributed by atoms with Crippen molar-refractivity contribution in [3.8, 4) is 50.5 Å². The first-order valence-corrected chi connectivity index (χ1v) is 21.3. The fraction of sp³-hybridized carbons (Fsp3) is 0. The molecule has 2 heterocycles. The van der Waals surface area contributed by atoms with Crippen molar-refractivity contribution in [2.45, 2.75) is 0 Å². The van der Waals surface area contributed by atoms with Crippen molar-refractivity contribution in [3.05, 3.63) is 164 Å². The van der Waals surface area contributed by atoms with Crippen molar-refractivity contribution in [2.75, 3.05) is 0 Å². The Morgan fingerprint density at radius 1 is 0.407 bits per heavy atom. The van der Waals surface area contributed by atoms with E-state index in [2.05, 4.69) is 208 Å². The van der Waals surface area contributed by atoms with E-state index in [4.69, 9.17) is 4.98 Å². The van der Waals surface area contributed by atoms with E-state index in [0.29, 0.717) is 0 Å². The van der Waals surface area contributed by atoms with Crippen molar-refractivity contribution in [2.24, 2.45) is 0 Å². The lowest BCUT2D eigenvalue weighted by Gasteiger charge is -2.23. The minimum absolute atomic E-state index is 0.934. The highest BCUT2D eigenvalue weighted by Gasteiger charge is 2.23. The van der Waals surface area contributed by atoms with Crippen LogP contribution in [-0.2, 0) is 0 Å². The van der Waals surface area contributed by atoms with Gasteiger partial charge in [-0.2, -0.15) is 0 Å². The Balaban J connectivity index is 1.25. The first-order valence-electron chi connectivity index (χ1n) is 20.5. The van der Waals surface area contributed by atoms with E-state index in [1.807, 2.05) is 11.3 Å². The summed E-state index contributed by atoms with van der Waals surface area (Å²) in [5.74, 6) is 0.934. The summed E-state index contributed by atoms with van der Waals surface area (Å²) in [6.07, 6.45) is 0. The lowest BCUT2D eigenvalue weighted by atomic mass is 9.59. The molecule has 11 rings (SSSR count). The van der Waals surface area contributed by atoms with Gasteiger partial charge in [0.15, 0.2) is 0 Å². The molecule has 0 N–H and O–H groups in total. The zero-order valence-corrected chi connectivity index (χ0v) is 34.7. The van der Waals surface area contributed by atoms with Gasteiger partial charge >= 0.3 is 0 Å². The number of para-hydroxylation sites is 2. The summed E-state index contributed by atoms with van der Waals surface area (Å²) in [5, 5.41) is 7.64. The molecule has 8 heteroatoms. The Morgan fingerprint density at radius 3 is 1.80 bits per heavy atom. The van der Waals surface area contributed by atoms with Crippen LogP contribution in [0.4, 0.5) is 0 Å². The van der Waals surface area contributed by atoms with Gasteiger partial charge in [-0.1, -0.05) is 132 Å². The maximum absolute atomic E-state index is 5.18. The Morgan fingerprint density at radius 2 is 1.00 bits per heavy atom. The number of nitrogens with zero attached hydrogens (tertiary/aromatic N) is 2. The molecule has 11 aromatic rings. The molecule has 0 fully saturated rings. The van der Waals surface area contributed by atoms with Crippen LogP contribution in [0.2, 0.25) is 0 Å². The minimum Gasteiger partial charge on any atom is -0.292 e. The standard InChI is InChI=1S/C51H37B5N2S/c52-46-43(47(53)49(55)50(56)48(46)54)30-24-25-34-37(27-30)44(36-19-11-23-41-45(36)35-18-6-9-22-40(35)59-41)33-17-5-4-16-32(33)42(34)29-14-10-15-31(26-29)58-39-21-8-7-20-38(39)57-51(58)28-12-2-1-3-13-28/h1-27H,52-56H2. The number of rotatable bonds is 5. The summed E-state index contributed by atoms with van der Waals surface area (Å²) in [6.45, 7) is 0. The number of fused-ring (bicyclic) bond motifs is 6. The van der Waals surface area contributed by atoms with Crippen LogP contribution in [0.25, 0.3) is 103 Å². The van der Waals surface area contributed by atoms with Crippen LogP contribution in [0.1, 0.15) is 0 Å². The topological polar surface area (TPSA) is 17.8 Å². The van der Waals surface area contributed by atoms with Crippen LogP contribution in [0.3, 0.4) is 0 Å². The second-order valence-electron chi connectivity index (χ2n) is 16.0. The number of imidazole rings is 1. The van der Waals surface area contributed by atoms with Crippen LogP contribution < -0.4 is 27.3 Å². The number of aromatic nitrogens is 2. The maximum Gasteiger partial charge on any atom is 0.145 e. The number of benzene rings is 9. The van der Waals surface area contributed by atoms with Gasteiger partial charge < -0.3 is 0 Å². The van der Waals surface area contributed by atoms with Gasteiger partial charge in [-0.25, -0.2) is 4.98 Å². The average Bonchev–Trinajstić information content (AvgIpc) is 3.87. The Kier molecular flexibility index (Phi) is 8.36. The molecule has 0 bridgehead atoms. The van der Waals surface area contributed by atoms with Gasteiger partial charge in [0.05, 0.1) is 11.0 Å². The fourth-order valence-corrected chi connectivity index (χ4v) is 10.9. The van der Waals surface area contributed by atoms with Crippen molar-refractivity contribution < 1.29 is 0 Å². The molecule has 0 aliphatic rings. The predicted molar refractivity (Wildman–Crippen MR) is 272 cm³/mol. The second kappa shape index (κ2) is 13.8. The molecular weight excluding hydrogens is 727 g/mol. The molecule has 9 aromatic carbocycles. The molecule has 59 heavy (non-hydrogen) atoms. The molecule has 0 unspecified atom stereocenters. The smallest absolute Gasteiger partial charge is 0.145 e. The normalized spacial score (nSPS) is 11.7. The van der Waals surface area contributed by atoms with Gasteiger partial charge in [0.2, 0.25) is 0 Å². The van der Waals surface area contributed by atoms with E-state index in [1.54, 1.807) is 0 Å². The molecule has 0 saturated carbocycles. The largest absolute Gasteiger partial charge is 0.292 e. The number of hydrogen-bond acceptors (Lipinski definition) is 2. The fourth-order valence-electron chi connectivity index (χ4n) is 9.72. The first kappa shape index (κ1) is 35.7. The highest BCUT2D eigenvalue weighted by atomic mass is 32.1. The van der Waals surface area contributed by atoms with Crippen LogP contribution >= 0.6 is 11.3 Å². The van der Waals surface area contributed by atoms with Gasteiger partial charge in [-0.05, 0) is 97.4 Å². The molecule has 0 saturated heterocycles. The zero-order valence-electron chi connectivity index (χ0n) is 33.9. The summed E-state index contributed by atoms with van der Waals surface area (Å²) in [5.41, 5.74) is 18.7. The molecule has 0 aliphatic heterocycles.